The lowest BCUT2D eigenvalue weighted by molar-refractivity contribution is -0.384. The lowest BCUT2D eigenvalue weighted by Gasteiger charge is -2.16. The van der Waals surface area contributed by atoms with Crippen molar-refractivity contribution < 1.29 is 9.72 Å². The maximum atomic E-state index is 13.1. The Kier molecular flexibility index (Phi) is 5.67. The van der Waals surface area contributed by atoms with Crippen molar-refractivity contribution in [2.75, 3.05) is 16.8 Å². The van der Waals surface area contributed by atoms with Crippen LogP contribution >= 0.6 is 15.9 Å². The summed E-state index contributed by atoms with van der Waals surface area (Å²) < 4.78 is 0. The summed E-state index contributed by atoms with van der Waals surface area (Å²) in [6.07, 6.45) is 1.79. The lowest BCUT2D eigenvalue weighted by atomic mass is 9.96. The number of hydrogen-bond donors (Lipinski definition) is 0. The second-order valence-corrected chi connectivity index (χ2v) is 6.83. The number of non-ortho nitro benzene ring substituents is 1. The van der Waals surface area contributed by atoms with Crippen LogP contribution in [0.2, 0.25) is 0 Å². The molecule has 7 heteroatoms. The number of hydrogen-bond acceptors (Lipinski definition) is 4. The normalized spacial score (nSPS) is 14.7. The summed E-state index contributed by atoms with van der Waals surface area (Å²) in [5.74, 6) is -0.208. The first-order valence-electron chi connectivity index (χ1n) is 8.45. The number of amides is 1. The summed E-state index contributed by atoms with van der Waals surface area (Å²) in [4.78, 5) is 25.2. The van der Waals surface area contributed by atoms with Gasteiger partial charge in [0, 0.05) is 29.6 Å². The van der Waals surface area contributed by atoms with Crippen molar-refractivity contribution in [3.63, 3.8) is 0 Å². The van der Waals surface area contributed by atoms with Crippen LogP contribution in [-0.2, 0) is 4.79 Å². The fraction of sp³-hybridized carbons (Fsp3) is 0.200. The third-order valence-corrected chi connectivity index (χ3v) is 4.98. The van der Waals surface area contributed by atoms with Gasteiger partial charge in [0.2, 0.25) is 0 Å². The Morgan fingerprint density at radius 1 is 1.15 bits per heavy atom. The molecule has 0 N–H and O–H groups in total. The molecule has 1 aliphatic heterocycles. The molecule has 0 atom stereocenters. The number of allylic oxidation sites excluding steroid dienone is 1. The molecule has 0 saturated heterocycles. The van der Waals surface area contributed by atoms with E-state index in [1.54, 1.807) is 4.90 Å². The molecule has 0 radical (unpaired) electrons. The summed E-state index contributed by atoms with van der Waals surface area (Å²) in [6.45, 7) is 0.573. The highest BCUT2D eigenvalue weighted by Gasteiger charge is 2.34. The molecule has 136 valence electrons. The summed E-state index contributed by atoms with van der Waals surface area (Å²) in [7, 11) is 0. The molecule has 6 nitrogen and oxygen atoms in total. The molecule has 2 aromatic carbocycles. The van der Waals surface area contributed by atoms with Crippen LogP contribution in [0.25, 0.3) is 11.1 Å². The van der Waals surface area contributed by atoms with Gasteiger partial charge in [0.25, 0.3) is 11.6 Å². The molecule has 0 aromatic heterocycles. The molecule has 0 aliphatic carbocycles. The minimum absolute atomic E-state index is 0.0596. The van der Waals surface area contributed by atoms with Crippen molar-refractivity contribution >= 4 is 44.4 Å². The van der Waals surface area contributed by atoms with Crippen LogP contribution in [-0.4, -0.2) is 22.7 Å². The molecule has 0 fully saturated rings. The van der Waals surface area contributed by atoms with Gasteiger partial charge in [0.15, 0.2) is 0 Å². The lowest BCUT2D eigenvalue weighted by Crippen LogP contribution is -2.27. The van der Waals surface area contributed by atoms with E-state index in [0.717, 1.165) is 29.4 Å². The molecule has 0 unspecified atom stereocenters. The van der Waals surface area contributed by atoms with E-state index in [0.29, 0.717) is 17.7 Å². The van der Waals surface area contributed by atoms with Gasteiger partial charge in [-0.3, -0.25) is 14.9 Å². The van der Waals surface area contributed by atoms with Crippen molar-refractivity contribution in [2.24, 2.45) is 0 Å². The number of nitrogens with zero attached hydrogens (tertiary/aromatic N) is 3. The average Bonchev–Trinajstić information content (AvgIpc) is 2.96. The molecule has 27 heavy (non-hydrogen) atoms. The van der Waals surface area contributed by atoms with E-state index >= 15 is 0 Å². The van der Waals surface area contributed by atoms with Gasteiger partial charge in [-0.1, -0.05) is 34.1 Å². The molecule has 1 heterocycles. The first-order chi connectivity index (χ1) is 13.1. The number of anilines is 1. The van der Waals surface area contributed by atoms with Crippen molar-refractivity contribution in [1.29, 1.82) is 5.26 Å². The van der Waals surface area contributed by atoms with Gasteiger partial charge >= 0.3 is 0 Å². The predicted octanol–water partition coefficient (Wildman–Crippen LogP) is 4.55. The molecule has 2 aromatic rings. The zero-order valence-corrected chi connectivity index (χ0v) is 16.0. The highest BCUT2D eigenvalue weighted by atomic mass is 79.9. The minimum atomic E-state index is -0.495. The molecule has 0 spiro atoms. The molecular formula is C20H16BrN3O3. The van der Waals surface area contributed by atoms with Gasteiger partial charge in [-0.15, -0.1) is 0 Å². The number of unbranched alkanes of at least 4 members (excludes halogenated alkanes) is 1. The summed E-state index contributed by atoms with van der Waals surface area (Å²) in [5, 5.41) is 21.5. The van der Waals surface area contributed by atoms with Crippen LogP contribution in [0.5, 0.6) is 0 Å². The monoisotopic (exact) mass is 425 g/mol. The number of nitro benzene ring substituents is 1. The zero-order chi connectivity index (χ0) is 19.4. The Hall–Kier alpha value is -2.98. The number of carbonyl (C=O) groups is 1. The van der Waals surface area contributed by atoms with E-state index in [1.165, 1.54) is 24.3 Å². The SMILES string of the molecule is N#C/C(=C1/C(=O)N(CCCCBr)c2ccccc21)c1ccc([N+](=O)[O-])cc1. The van der Waals surface area contributed by atoms with Crippen LogP contribution < -0.4 is 4.90 Å². The second kappa shape index (κ2) is 8.14. The van der Waals surface area contributed by atoms with Crippen LogP contribution in [0.1, 0.15) is 24.0 Å². The first kappa shape index (κ1) is 18.8. The Morgan fingerprint density at radius 3 is 2.48 bits per heavy atom. The average molecular weight is 426 g/mol. The van der Waals surface area contributed by atoms with Crippen LogP contribution in [0, 0.1) is 21.4 Å². The standard InChI is InChI=1S/C20H16BrN3O3/c21-11-3-4-12-23-18-6-2-1-5-16(18)19(20(23)25)17(13-22)14-7-9-15(10-8-14)24(26)27/h1-2,5-10H,3-4,11-12H2/b19-17-. The molecule has 0 saturated carbocycles. The maximum absolute atomic E-state index is 13.1. The van der Waals surface area contributed by atoms with Gasteiger partial charge in [0.05, 0.1) is 21.8 Å². The quantitative estimate of drug-likeness (QED) is 0.169. The third kappa shape index (κ3) is 3.62. The topological polar surface area (TPSA) is 87.2 Å². The number of benzene rings is 2. The molecule has 0 bridgehead atoms. The van der Waals surface area contributed by atoms with Gasteiger partial charge < -0.3 is 4.90 Å². The third-order valence-electron chi connectivity index (χ3n) is 4.42. The number of nitriles is 1. The smallest absolute Gasteiger partial charge is 0.269 e. The van der Waals surface area contributed by atoms with Crippen molar-refractivity contribution in [3.8, 4) is 6.07 Å². The van der Waals surface area contributed by atoms with Crippen LogP contribution in [0.15, 0.2) is 48.5 Å². The van der Waals surface area contributed by atoms with E-state index in [-0.39, 0.29) is 17.2 Å². The number of rotatable bonds is 6. The second-order valence-electron chi connectivity index (χ2n) is 6.04. The number of fused-ring (bicyclic) bond motifs is 1. The van der Waals surface area contributed by atoms with Crippen LogP contribution in [0.3, 0.4) is 0 Å². The van der Waals surface area contributed by atoms with Crippen molar-refractivity contribution in [1.82, 2.24) is 0 Å². The molecule has 1 aliphatic rings. The van der Waals surface area contributed by atoms with E-state index < -0.39 is 4.92 Å². The van der Waals surface area contributed by atoms with Gasteiger partial charge in [-0.25, -0.2) is 0 Å². The van der Waals surface area contributed by atoms with Crippen molar-refractivity contribution in [2.45, 2.75) is 12.8 Å². The predicted molar refractivity (Wildman–Crippen MR) is 107 cm³/mol. The van der Waals surface area contributed by atoms with E-state index in [9.17, 15) is 20.2 Å². The number of halogens is 1. The Bertz CT molecular complexity index is 961. The molecule has 3 rings (SSSR count). The zero-order valence-electron chi connectivity index (χ0n) is 14.4. The maximum Gasteiger partial charge on any atom is 0.269 e. The number of alkyl halides is 1. The highest BCUT2D eigenvalue weighted by Crippen LogP contribution is 2.40. The summed E-state index contributed by atoms with van der Waals surface area (Å²) in [5.41, 5.74) is 2.52. The van der Waals surface area contributed by atoms with E-state index in [4.69, 9.17) is 0 Å². The number of nitro groups is 1. The van der Waals surface area contributed by atoms with Crippen LogP contribution in [0.4, 0.5) is 11.4 Å². The molecular weight excluding hydrogens is 410 g/mol. The Balaban J connectivity index is 2.08. The first-order valence-corrected chi connectivity index (χ1v) is 9.57. The molecule has 1 amide bonds. The Morgan fingerprint density at radius 2 is 1.85 bits per heavy atom. The fourth-order valence-electron chi connectivity index (χ4n) is 3.12. The van der Waals surface area contributed by atoms with Gasteiger partial charge in [0.1, 0.15) is 6.07 Å². The van der Waals surface area contributed by atoms with E-state index in [2.05, 4.69) is 22.0 Å². The number of carbonyl (C=O) groups excluding carboxylic acids is 1. The highest BCUT2D eigenvalue weighted by molar-refractivity contribution is 9.09. The van der Waals surface area contributed by atoms with E-state index in [1.807, 2.05) is 24.3 Å². The number of para-hydroxylation sites is 1. The fourth-order valence-corrected chi connectivity index (χ4v) is 3.52. The Labute approximate surface area is 165 Å². The minimum Gasteiger partial charge on any atom is -0.308 e. The van der Waals surface area contributed by atoms with Gasteiger partial charge in [-0.2, -0.15) is 5.26 Å². The largest absolute Gasteiger partial charge is 0.308 e. The summed E-state index contributed by atoms with van der Waals surface area (Å²) >= 11 is 3.39. The summed E-state index contributed by atoms with van der Waals surface area (Å²) in [6, 6.07) is 15.2. The van der Waals surface area contributed by atoms with Crippen molar-refractivity contribution in [3.05, 3.63) is 69.8 Å². The van der Waals surface area contributed by atoms with Gasteiger partial charge in [-0.05, 0) is 36.6 Å².